The fraction of sp³-hybridized carbons (Fsp3) is 0.250. The van der Waals surface area contributed by atoms with Crippen LogP contribution in [0.15, 0.2) is 30.3 Å². The van der Waals surface area contributed by atoms with Crippen LogP contribution in [-0.2, 0) is 6.42 Å². The molecule has 1 aromatic rings. The van der Waals surface area contributed by atoms with Gasteiger partial charge >= 0.3 is 5.85 Å². The molecule has 80 valence electrons. The molecule has 0 bridgehead atoms. The molecule has 0 aliphatic carbocycles. The van der Waals surface area contributed by atoms with Crippen molar-refractivity contribution in [3.63, 3.8) is 0 Å². The summed E-state index contributed by atoms with van der Waals surface area (Å²) in [4.78, 5) is 18.2. The lowest BCUT2D eigenvalue weighted by Gasteiger charge is -2.09. The molecule has 1 N–H and O–H groups in total. The van der Waals surface area contributed by atoms with Crippen molar-refractivity contribution in [2.24, 2.45) is 0 Å². The minimum absolute atomic E-state index is 0.327. The van der Waals surface area contributed by atoms with E-state index in [4.69, 9.17) is 0 Å². The molecule has 0 heterocycles. The fourth-order valence-corrected chi connectivity index (χ4v) is 1.07. The lowest BCUT2D eigenvalue weighted by atomic mass is 10.1. The van der Waals surface area contributed by atoms with Gasteiger partial charge in [-0.3, -0.25) is 25.3 Å². The average Bonchev–Trinajstić information content (AvgIpc) is 2.18. The first-order valence-corrected chi connectivity index (χ1v) is 4.02. The third kappa shape index (κ3) is 2.26. The van der Waals surface area contributed by atoms with Gasteiger partial charge in [0, 0.05) is 0 Å². The van der Waals surface area contributed by atoms with Crippen LogP contribution >= 0.6 is 0 Å². The van der Waals surface area contributed by atoms with Gasteiger partial charge in [-0.25, -0.2) is 0 Å². The number of rotatable bonds is 4. The SMILES string of the molecule is O=[N+]([O-])C(O)(Cc1ccccc1)[N+](=O)[O-]. The number of nitro groups is 2. The summed E-state index contributed by atoms with van der Waals surface area (Å²) in [5.74, 6) is -3.15. The van der Waals surface area contributed by atoms with Gasteiger partial charge in [0.15, 0.2) is 0 Å². The molecule has 0 fully saturated rings. The van der Waals surface area contributed by atoms with Gasteiger partial charge in [-0.2, -0.15) is 0 Å². The maximum atomic E-state index is 10.4. The second-order valence-electron chi connectivity index (χ2n) is 2.95. The Hall–Kier alpha value is -2.02. The van der Waals surface area contributed by atoms with E-state index >= 15 is 0 Å². The Bertz CT molecular complexity index is 364. The predicted octanol–water partition coefficient (Wildman–Crippen LogP) is 0.429. The largest absolute Gasteiger partial charge is 0.580 e. The average molecular weight is 212 g/mol. The van der Waals surface area contributed by atoms with Crippen molar-refractivity contribution in [2.45, 2.75) is 12.3 Å². The van der Waals surface area contributed by atoms with E-state index in [9.17, 15) is 25.3 Å². The number of hydrogen-bond donors (Lipinski definition) is 1. The Kier molecular flexibility index (Phi) is 2.96. The van der Waals surface area contributed by atoms with Gasteiger partial charge in [0.25, 0.3) is 0 Å². The van der Waals surface area contributed by atoms with Gasteiger partial charge in [0.1, 0.15) is 16.3 Å². The van der Waals surface area contributed by atoms with E-state index in [1.54, 1.807) is 18.2 Å². The van der Waals surface area contributed by atoms with Gasteiger partial charge in [-0.1, -0.05) is 30.3 Å². The van der Waals surface area contributed by atoms with E-state index in [-0.39, 0.29) is 0 Å². The molecule has 0 saturated carbocycles. The highest BCUT2D eigenvalue weighted by molar-refractivity contribution is 5.15. The zero-order valence-electron chi connectivity index (χ0n) is 7.57. The summed E-state index contributed by atoms with van der Waals surface area (Å²) >= 11 is 0. The number of benzene rings is 1. The molecular formula is C8H8N2O5. The van der Waals surface area contributed by atoms with E-state index in [0.29, 0.717) is 5.56 Å². The predicted molar refractivity (Wildman–Crippen MR) is 49.1 cm³/mol. The minimum atomic E-state index is -3.15. The standard InChI is InChI=1S/C8H8N2O5/c11-8(9(12)13,10(14)15)6-7-4-2-1-3-5-7/h1-5,11H,6H2. The van der Waals surface area contributed by atoms with Crippen LogP contribution in [-0.4, -0.2) is 20.8 Å². The van der Waals surface area contributed by atoms with Gasteiger partial charge in [0.05, 0.1) is 0 Å². The third-order valence-corrected chi connectivity index (χ3v) is 1.87. The van der Waals surface area contributed by atoms with Gasteiger partial charge < -0.3 is 0 Å². The van der Waals surface area contributed by atoms with Crippen LogP contribution in [0.5, 0.6) is 0 Å². The zero-order valence-corrected chi connectivity index (χ0v) is 7.57. The molecule has 0 amide bonds. The quantitative estimate of drug-likeness (QED) is 0.442. The Morgan fingerprint density at radius 3 is 2.00 bits per heavy atom. The maximum absolute atomic E-state index is 10.4. The monoisotopic (exact) mass is 212 g/mol. The van der Waals surface area contributed by atoms with E-state index in [1.807, 2.05) is 0 Å². The highest BCUT2D eigenvalue weighted by Gasteiger charge is 2.54. The van der Waals surface area contributed by atoms with Crippen molar-refractivity contribution in [2.75, 3.05) is 0 Å². The topological polar surface area (TPSA) is 107 Å². The van der Waals surface area contributed by atoms with E-state index in [1.165, 1.54) is 12.1 Å². The van der Waals surface area contributed by atoms with E-state index in [0.717, 1.165) is 0 Å². The zero-order chi connectivity index (χ0) is 11.5. The highest BCUT2D eigenvalue weighted by Crippen LogP contribution is 2.14. The lowest BCUT2D eigenvalue weighted by Crippen LogP contribution is -2.48. The van der Waals surface area contributed by atoms with Crippen LogP contribution in [0.2, 0.25) is 0 Å². The number of nitrogens with zero attached hydrogens (tertiary/aromatic N) is 2. The van der Waals surface area contributed by atoms with Crippen molar-refractivity contribution < 1.29 is 15.0 Å². The van der Waals surface area contributed by atoms with Crippen LogP contribution in [0, 0.1) is 20.2 Å². The lowest BCUT2D eigenvalue weighted by molar-refractivity contribution is -0.847. The summed E-state index contributed by atoms with van der Waals surface area (Å²) < 4.78 is 0. The van der Waals surface area contributed by atoms with Crippen LogP contribution in [0.4, 0.5) is 0 Å². The molecule has 7 nitrogen and oxygen atoms in total. The summed E-state index contributed by atoms with van der Waals surface area (Å²) in [7, 11) is 0. The summed E-state index contributed by atoms with van der Waals surface area (Å²) in [6.45, 7) is 0. The van der Waals surface area contributed by atoms with E-state index in [2.05, 4.69) is 0 Å². The van der Waals surface area contributed by atoms with Gasteiger partial charge in [-0.05, 0) is 5.56 Å². The molecule has 0 aliphatic rings. The number of aliphatic hydroxyl groups is 1. The Morgan fingerprint density at radius 1 is 1.13 bits per heavy atom. The van der Waals surface area contributed by atoms with Crippen LogP contribution in [0.1, 0.15) is 5.56 Å². The van der Waals surface area contributed by atoms with Crippen molar-refractivity contribution in [1.82, 2.24) is 0 Å². The highest BCUT2D eigenvalue weighted by atomic mass is 16.7. The summed E-state index contributed by atoms with van der Waals surface area (Å²) in [5.41, 5.74) is 0.327. The normalized spacial score (nSPS) is 11.0. The van der Waals surface area contributed by atoms with Crippen molar-refractivity contribution in [3.05, 3.63) is 56.1 Å². The first-order chi connectivity index (χ1) is 6.97. The molecule has 0 saturated heterocycles. The maximum Gasteiger partial charge on any atom is 0.580 e. The van der Waals surface area contributed by atoms with E-state index < -0.39 is 22.1 Å². The molecular weight excluding hydrogens is 204 g/mol. The van der Waals surface area contributed by atoms with Crippen molar-refractivity contribution >= 4 is 0 Å². The van der Waals surface area contributed by atoms with Crippen molar-refractivity contribution in [1.29, 1.82) is 0 Å². The minimum Gasteiger partial charge on any atom is -0.269 e. The molecule has 7 heteroatoms. The fourth-order valence-electron chi connectivity index (χ4n) is 1.07. The molecule has 0 aromatic heterocycles. The third-order valence-electron chi connectivity index (χ3n) is 1.87. The number of hydrogen-bond acceptors (Lipinski definition) is 5. The molecule has 0 spiro atoms. The molecule has 1 aromatic carbocycles. The smallest absolute Gasteiger partial charge is 0.269 e. The molecule has 1 rings (SSSR count). The Balaban J connectivity index is 2.95. The summed E-state index contributed by atoms with van der Waals surface area (Å²) in [6.07, 6.45) is -0.659. The van der Waals surface area contributed by atoms with Crippen molar-refractivity contribution in [3.8, 4) is 0 Å². The van der Waals surface area contributed by atoms with Gasteiger partial charge in [-0.15, -0.1) is 0 Å². The first kappa shape index (κ1) is 11.1. The van der Waals surface area contributed by atoms with Crippen LogP contribution < -0.4 is 0 Å². The molecule has 15 heavy (non-hydrogen) atoms. The summed E-state index contributed by atoms with van der Waals surface area (Å²) in [5, 5.41) is 30.0. The summed E-state index contributed by atoms with van der Waals surface area (Å²) in [6, 6.07) is 7.77. The second-order valence-corrected chi connectivity index (χ2v) is 2.95. The Morgan fingerprint density at radius 2 is 1.60 bits per heavy atom. The van der Waals surface area contributed by atoms with Crippen LogP contribution in [0.3, 0.4) is 0 Å². The Labute approximate surface area is 84.3 Å². The van der Waals surface area contributed by atoms with Crippen LogP contribution in [0.25, 0.3) is 0 Å². The molecule has 0 atom stereocenters. The molecule has 0 unspecified atom stereocenters. The molecule has 0 aliphatic heterocycles. The van der Waals surface area contributed by atoms with Gasteiger partial charge in [0.2, 0.25) is 0 Å². The first-order valence-electron chi connectivity index (χ1n) is 4.02. The second kappa shape index (κ2) is 4.01. The molecule has 0 radical (unpaired) electrons.